The lowest BCUT2D eigenvalue weighted by Gasteiger charge is -2.31. The lowest BCUT2D eigenvalue weighted by Crippen LogP contribution is -2.40. The third-order valence-electron chi connectivity index (χ3n) is 3.33. The minimum Gasteiger partial charge on any atom is -0.468 e. The van der Waals surface area contributed by atoms with E-state index in [1.807, 2.05) is 6.92 Å². The molecule has 0 spiro atoms. The van der Waals surface area contributed by atoms with Gasteiger partial charge >= 0.3 is 5.97 Å². The number of ether oxygens (including phenoxy) is 1. The van der Waals surface area contributed by atoms with Gasteiger partial charge in [0, 0.05) is 13.6 Å². The monoisotopic (exact) mass is 227 g/mol. The number of amides is 1. The Morgan fingerprint density at radius 3 is 2.44 bits per heavy atom. The van der Waals surface area contributed by atoms with Crippen LogP contribution in [0.3, 0.4) is 0 Å². The van der Waals surface area contributed by atoms with Crippen LogP contribution in [0.15, 0.2) is 0 Å². The van der Waals surface area contributed by atoms with Gasteiger partial charge in [0.1, 0.15) is 5.92 Å². The van der Waals surface area contributed by atoms with Crippen LogP contribution in [0.1, 0.15) is 32.6 Å². The number of methoxy groups -OCH3 is 1. The molecule has 0 aliphatic heterocycles. The minimum absolute atomic E-state index is 0.110. The van der Waals surface area contributed by atoms with Crippen LogP contribution in [-0.4, -0.2) is 37.5 Å². The summed E-state index contributed by atoms with van der Waals surface area (Å²) in [7, 11) is 3.09. The third-order valence-corrected chi connectivity index (χ3v) is 3.33. The van der Waals surface area contributed by atoms with Crippen LogP contribution in [0.4, 0.5) is 0 Å². The van der Waals surface area contributed by atoms with Crippen LogP contribution in [0.5, 0.6) is 0 Å². The zero-order valence-corrected chi connectivity index (χ0v) is 10.4. The van der Waals surface area contributed by atoms with E-state index in [-0.39, 0.29) is 5.91 Å². The fourth-order valence-electron chi connectivity index (χ4n) is 2.00. The number of hydrogen-bond acceptors (Lipinski definition) is 3. The van der Waals surface area contributed by atoms with E-state index in [1.54, 1.807) is 11.9 Å². The maximum Gasteiger partial charge on any atom is 0.318 e. The van der Waals surface area contributed by atoms with E-state index in [0.717, 1.165) is 6.54 Å². The normalized spacial score (nSPS) is 17.4. The molecule has 1 saturated carbocycles. The minimum atomic E-state index is -0.630. The Morgan fingerprint density at radius 2 is 2.06 bits per heavy atom. The third kappa shape index (κ3) is 2.97. The van der Waals surface area contributed by atoms with Crippen molar-refractivity contribution < 1.29 is 14.3 Å². The number of carbonyl (C=O) groups is 2. The molecule has 1 unspecified atom stereocenters. The summed E-state index contributed by atoms with van der Waals surface area (Å²) in [4.78, 5) is 25.0. The molecule has 1 rings (SSSR count). The number of esters is 1. The van der Waals surface area contributed by atoms with Crippen LogP contribution in [0.25, 0.3) is 0 Å². The van der Waals surface area contributed by atoms with Crippen molar-refractivity contribution in [2.75, 3.05) is 20.7 Å². The topological polar surface area (TPSA) is 46.6 Å². The maximum atomic E-state index is 12.0. The Morgan fingerprint density at radius 1 is 1.44 bits per heavy atom. The molecular formula is C12H21NO3. The Labute approximate surface area is 96.9 Å². The van der Waals surface area contributed by atoms with Gasteiger partial charge in [0.25, 0.3) is 0 Å². The molecule has 1 aliphatic rings. The summed E-state index contributed by atoms with van der Waals surface area (Å²) in [5.74, 6) is -0.534. The van der Waals surface area contributed by atoms with E-state index < -0.39 is 11.9 Å². The lowest BCUT2D eigenvalue weighted by atomic mass is 9.85. The van der Waals surface area contributed by atoms with Gasteiger partial charge < -0.3 is 9.64 Å². The molecule has 16 heavy (non-hydrogen) atoms. The number of rotatable bonds is 5. The predicted octanol–water partition coefficient (Wildman–Crippen LogP) is 1.44. The maximum absolute atomic E-state index is 12.0. The SMILES string of the molecule is CCC(C(=O)OC)C(=O)N(C)CC1CCC1. The second-order valence-corrected chi connectivity index (χ2v) is 4.50. The fraction of sp³-hybridized carbons (Fsp3) is 0.833. The largest absolute Gasteiger partial charge is 0.468 e. The highest BCUT2D eigenvalue weighted by atomic mass is 16.5. The molecule has 0 radical (unpaired) electrons. The Hall–Kier alpha value is -1.06. The number of hydrogen-bond donors (Lipinski definition) is 0. The first kappa shape index (κ1) is 13.0. The Bertz CT molecular complexity index is 261. The van der Waals surface area contributed by atoms with E-state index in [9.17, 15) is 9.59 Å². The zero-order valence-electron chi connectivity index (χ0n) is 10.4. The molecule has 1 aliphatic carbocycles. The first-order valence-corrected chi connectivity index (χ1v) is 5.93. The first-order chi connectivity index (χ1) is 7.60. The van der Waals surface area contributed by atoms with Gasteiger partial charge in [0.15, 0.2) is 0 Å². The van der Waals surface area contributed by atoms with Crippen molar-refractivity contribution in [3.8, 4) is 0 Å². The Balaban J connectivity index is 2.48. The summed E-state index contributed by atoms with van der Waals surface area (Å²) in [5, 5.41) is 0. The van der Waals surface area contributed by atoms with Crippen molar-refractivity contribution >= 4 is 11.9 Å². The molecule has 92 valence electrons. The van der Waals surface area contributed by atoms with Crippen molar-refractivity contribution in [2.45, 2.75) is 32.6 Å². The van der Waals surface area contributed by atoms with Gasteiger partial charge in [-0.05, 0) is 25.2 Å². The van der Waals surface area contributed by atoms with E-state index in [4.69, 9.17) is 0 Å². The average molecular weight is 227 g/mol. The molecule has 0 saturated heterocycles. The Kier molecular flexibility index (Phi) is 4.77. The summed E-state index contributed by atoms with van der Waals surface area (Å²) >= 11 is 0. The van der Waals surface area contributed by atoms with Crippen molar-refractivity contribution in [1.82, 2.24) is 4.90 Å². The average Bonchev–Trinajstić information content (AvgIpc) is 2.23. The summed E-state index contributed by atoms with van der Waals surface area (Å²) in [6, 6.07) is 0. The molecule has 0 aromatic carbocycles. The zero-order chi connectivity index (χ0) is 12.1. The fourth-order valence-corrected chi connectivity index (χ4v) is 2.00. The summed E-state index contributed by atoms with van der Waals surface area (Å²) in [6.45, 7) is 2.60. The van der Waals surface area contributed by atoms with E-state index in [2.05, 4.69) is 4.74 Å². The van der Waals surface area contributed by atoms with Crippen LogP contribution in [0, 0.1) is 11.8 Å². The standard InChI is InChI=1S/C12H21NO3/c1-4-10(12(15)16-3)11(14)13(2)8-9-6-5-7-9/h9-10H,4-8H2,1-3H3. The molecule has 0 N–H and O–H groups in total. The van der Waals surface area contributed by atoms with Gasteiger partial charge in [-0.2, -0.15) is 0 Å². The quantitative estimate of drug-likeness (QED) is 0.527. The summed E-state index contributed by atoms with van der Waals surface area (Å²) in [5.41, 5.74) is 0. The first-order valence-electron chi connectivity index (χ1n) is 5.93. The molecular weight excluding hydrogens is 206 g/mol. The molecule has 1 amide bonds. The van der Waals surface area contributed by atoms with Crippen molar-refractivity contribution in [1.29, 1.82) is 0 Å². The second kappa shape index (κ2) is 5.87. The van der Waals surface area contributed by atoms with Crippen LogP contribution >= 0.6 is 0 Å². The highest BCUT2D eigenvalue weighted by Gasteiger charge is 2.30. The van der Waals surface area contributed by atoms with Gasteiger partial charge in [-0.25, -0.2) is 0 Å². The van der Waals surface area contributed by atoms with Crippen LogP contribution < -0.4 is 0 Å². The van der Waals surface area contributed by atoms with Crippen molar-refractivity contribution in [2.24, 2.45) is 11.8 Å². The molecule has 4 heteroatoms. The lowest BCUT2D eigenvalue weighted by molar-refractivity contribution is -0.153. The smallest absolute Gasteiger partial charge is 0.318 e. The van der Waals surface area contributed by atoms with Crippen molar-refractivity contribution in [3.63, 3.8) is 0 Å². The highest BCUT2D eigenvalue weighted by molar-refractivity contribution is 5.97. The van der Waals surface area contributed by atoms with Crippen LogP contribution in [-0.2, 0) is 14.3 Å². The van der Waals surface area contributed by atoms with Gasteiger partial charge in [0.2, 0.25) is 5.91 Å². The molecule has 0 aromatic heterocycles. The van der Waals surface area contributed by atoms with E-state index >= 15 is 0 Å². The second-order valence-electron chi connectivity index (χ2n) is 4.50. The van der Waals surface area contributed by atoms with E-state index in [0.29, 0.717) is 12.3 Å². The molecule has 0 bridgehead atoms. The molecule has 1 atom stereocenters. The van der Waals surface area contributed by atoms with Gasteiger partial charge in [0.05, 0.1) is 7.11 Å². The molecule has 0 heterocycles. The number of nitrogens with zero attached hydrogens (tertiary/aromatic N) is 1. The van der Waals surface area contributed by atoms with Gasteiger partial charge in [-0.1, -0.05) is 13.3 Å². The predicted molar refractivity (Wildman–Crippen MR) is 60.8 cm³/mol. The van der Waals surface area contributed by atoms with E-state index in [1.165, 1.54) is 26.4 Å². The summed E-state index contributed by atoms with van der Waals surface area (Å²) < 4.78 is 4.63. The molecule has 4 nitrogen and oxygen atoms in total. The molecule has 1 fully saturated rings. The van der Waals surface area contributed by atoms with Gasteiger partial charge in [-0.3, -0.25) is 9.59 Å². The van der Waals surface area contributed by atoms with Crippen molar-refractivity contribution in [3.05, 3.63) is 0 Å². The van der Waals surface area contributed by atoms with Gasteiger partial charge in [-0.15, -0.1) is 0 Å². The molecule has 0 aromatic rings. The van der Waals surface area contributed by atoms with Crippen LogP contribution in [0.2, 0.25) is 0 Å². The number of carbonyl (C=O) groups excluding carboxylic acids is 2. The summed E-state index contributed by atoms with van der Waals surface area (Å²) in [6.07, 6.45) is 4.17. The highest BCUT2D eigenvalue weighted by Crippen LogP contribution is 2.27.